The van der Waals surface area contributed by atoms with Crippen molar-refractivity contribution in [1.82, 2.24) is 30.1 Å². The van der Waals surface area contributed by atoms with Crippen molar-refractivity contribution in [2.24, 2.45) is 5.73 Å². The van der Waals surface area contributed by atoms with Gasteiger partial charge in [-0.05, 0) is 37.9 Å². The van der Waals surface area contributed by atoms with Gasteiger partial charge in [-0.1, -0.05) is 10.4 Å². The van der Waals surface area contributed by atoms with Gasteiger partial charge in [-0.3, -0.25) is 4.98 Å². The highest BCUT2D eigenvalue weighted by Crippen LogP contribution is 2.26. The lowest BCUT2D eigenvalue weighted by Crippen LogP contribution is -2.01. The first-order chi connectivity index (χ1) is 10.2. The Kier molecular flexibility index (Phi) is 4.08. The molecule has 2 N–H and O–H groups in total. The largest absolute Gasteiger partial charge is 0.337 e. The van der Waals surface area contributed by atoms with Crippen LogP contribution in [0.3, 0.4) is 0 Å². The van der Waals surface area contributed by atoms with E-state index in [1.807, 2.05) is 6.07 Å². The summed E-state index contributed by atoms with van der Waals surface area (Å²) < 4.78 is 8.42. The number of rotatable bonds is 4. The average Bonchev–Trinajstić information content (AvgIpc) is 3.08. The third-order valence-corrected chi connectivity index (χ3v) is 3.62. The standard InChI is InChI=1S/C11H9Br2N7O/c12-6-1-8(13)10(15-3-6)11-16-9(21-18-11)5-20-4-7(2-14)17-19-20/h1,3-4H,2,5,14H2. The van der Waals surface area contributed by atoms with Crippen molar-refractivity contribution in [1.29, 1.82) is 0 Å². The van der Waals surface area contributed by atoms with Crippen LogP contribution in [0.4, 0.5) is 0 Å². The molecule has 0 aromatic carbocycles. The summed E-state index contributed by atoms with van der Waals surface area (Å²) in [6.45, 7) is 0.666. The molecule has 108 valence electrons. The number of halogens is 2. The summed E-state index contributed by atoms with van der Waals surface area (Å²) in [7, 11) is 0. The second-order valence-corrected chi connectivity index (χ2v) is 5.88. The van der Waals surface area contributed by atoms with Gasteiger partial charge in [-0.15, -0.1) is 5.10 Å². The highest BCUT2D eigenvalue weighted by Gasteiger charge is 2.14. The van der Waals surface area contributed by atoms with Crippen LogP contribution in [0.5, 0.6) is 0 Å². The van der Waals surface area contributed by atoms with E-state index >= 15 is 0 Å². The van der Waals surface area contributed by atoms with Crippen LogP contribution in [0.2, 0.25) is 0 Å². The fraction of sp³-hybridized carbons (Fsp3) is 0.182. The van der Waals surface area contributed by atoms with Gasteiger partial charge in [0.25, 0.3) is 0 Å². The average molecular weight is 415 g/mol. The molecule has 8 nitrogen and oxygen atoms in total. The van der Waals surface area contributed by atoms with Crippen LogP contribution in [-0.4, -0.2) is 30.1 Å². The molecule has 21 heavy (non-hydrogen) atoms. The monoisotopic (exact) mass is 413 g/mol. The van der Waals surface area contributed by atoms with Crippen molar-refractivity contribution in [2.45, 2.75) is 13.1 Å². The van der Waals surface area contributed by atoms with Gasteiger partial charge in [0.05, 0.1) is 11.9 Å². The lowest BCUT2D eigenvalue weighted by atomic mass is 10.3. The first-order valence-electron chi connectivity index (χ1n) is 5.89. The Hall–Kier alpha value is -1.65. The second-order valence-electron chi connectivity index (χ2n) is 4.11. The Balaban J connectivity index is 1.82. The van der Waals surface area contributed by atoms with Gasteiger partial charge in [0.1, 0.15) is 12.2 Å². The molecule has 3 aromatic heterocycles. The fourth-order valence-corrected chi connectivity index (χ4v) is 2.81. The molecule has 0 aliphatic heterocycles. The summed E-state index contributed by atoms with van der Waals surface area (Å²) in [4.78, 5) is 8.55. The van der Waals surface area contributed by atoms with Crippen molar-refractivity contribution in [3.8, 4) is 11.5 Å². The Labute approximate surface area is 136 Å². The number of aromatic nitrogens is 6. The molecule has 3 aromatic rings. The van der Waals surface area contributed by atoms with E-state index in [0.717, 1.165) is 8.95 Å². The van der Waals surface area contributed by atoms with Crippen molar-refractivity contribution in [3.05, 3.63) is 39.0 Å². The Morgan fingerprint density at radius 2 is 2.19 bits per heavy atom. The summed E-state index contributed by atoms with van der Waals surface area (Å²) in [5, 5.41) is 11.7. The Morgan fingerprint density at radius 1 is 1.33 bits per heavy atom. The third kappa shape index (κ3) is 3.17. The Bertz CT molecular complexity index is 770. The lowest BCUT2D eigenvalue weighted by Gasteiger charge is -1.97. The van der Waals surface area contributed by atoms with Gasteiger partial charge < -0.3 is 10.3 Å². The van der Waals surface area contributed by atoms with E-state index < -0.39 is 0 Å². The van der Waals surface area contributed by atoms with Crippen molar-refractivity contribution in [2.75, 3.05) is 0 Å². The summed E-state index contributed by atoms with van der Waals surface area (Å²) in [6, 6.07) is 1.86. The molecule has 0 aliphatic rings. The number of pyridine rings is 1. The van der Waals surface area contributed by atoms with E-state index in [9.17, 15) is 0 Å². The maximum absolute atomic E-state index is 5.48. The summed E-state index contributed by atoms with van der Waals surface area (Å²) in [5.74, 6) is 0.818. The second kappa shape index (κ2) is 6.00. The van der Waals surface area contributed by atoms with E-state index in [2.05, 4.69) is 57.3 Å². The van der Waals surface area contributed by atoms with E-state index in [1.165, 1.54) is 0 Å². The quantitative estimate of drug-likeness (QED) is 0.692. The Morgan fingerprint density at radius 3 is 2.90 bits per heavy atom. The molecule has 0 aliphatic carbocycles. The van der Waals surface area contributed by atoms with Crippen LogP contribution in [0, 0.1) is 0 Å². The van der Waals surface area contributed by atoms with E-state index in [-0.39, 0.29) is 0 Å². The van der Waals surface area contributed by atoms with Crippen molar-refractivity contribution in [3.63, 3.8) is 0 Å². The molecular weight excluding hydrogens is 406 g/mol. The van der Waals surface area contributed by atoms with E-state index in [0.29, 0.717) is 36.2 Å². The van der Waals surface area contributed by atoms with E-state index in [4.69, 9.17) is 10.3 Å². The predicted molar refractivity (Wildman–Crippen MR) is 79.9 cm³/mol. The molecule has 0 amide bonds. The minimum atomic E-state index is 0.328. The van der Waals surface area contributed by atoms with Gasteiger partial charge in [0, 0.05) is 21.7 Å². The molecule has 3 heterocycles. The molecule has 0 atom stereocenters. The van der Waals surface area contributed by atoms with Crippen LogP contribution in [-0.2, 0) is 13.1 Å². The third-order valence-electron chi connectivity index (χ3n) is 2.58. The zero-order valence-corrected chi connectivity index (χ0v) is 13.7. The minimum absolute atomic E-state index is 0.328. The number of hydrogen-bond donors (Lipinski definition) is 1. The predicted octanol–water partition coefficient (Wildman–Crippen LogP) is 1.76. The summed E-state index contributed by atoms with van der Waals surface area (Å²) >= 11 is 6.76. The van der Waals surface area contributed by atoms with Gasteiger partial charge in [-0.25, -0.2) is 4.68 Å². The molecule has 0 fully saturated rings. The lowest BCUT2D eigenvalue weighted by molar-refractivity contribution is 0.364. The molecule has 0 bridgehead atoms. The van der Waals surface area contributed by atoms with Crippen molar-refractivity contribution >= 4 is 31.9 Å². The number of hydrogen-bond acceptors (Lipinski definition) is 7. The summed E-state index contributed by atoms with van der Waals surface area (Å²) in [6.07, 6.45) is 3.40. The molecular formula is C11H9Br2N7O. The fourth-order valence-electron chi connectivity index (χ4n) is 1.64. The smallest absolute Gasteiger partial charge is 0.248 e. The van der Waals surface area contributed by atoms with Crippen LogP contribution < -0.4 is 5.73 Å². The highest BCUT2D eigenvalue weighted by molar-refractivity contribution is 9.11. The molecule has 0 saturated carbocycles. The minimum Gasteiger partial charge on any atom is -0.337 e. The van der Waals surface area contributed by atoms with Gasteiger partial charge >= 0.3 is 0 Å². The molecule has 0 unspecified atom stereocenters. The van der Waals surface area contributed by atoms with Gasteiger partial charge in [-0.2, -0.15) is 4.98 Å². The maximum Gasteiger partial charge on any atom is 0.248 e. The SMILES string of the molecule is NCc1cn(Cc2nc(-c3ncc(Br)cc3Br)no2)nn1. The molecule has 10 heteroatoms. The first-order valence-corrected chi connectivity index (χ1v) is 7.47. The van der Waals surface area contributed by atoms with Crippen LogP contribution >= 0.6 is 31.9 Å². The normalized spacial score (nSPS) is 11.0. The molecule has 0 saturated heterocycles. The van der Waals surface area contributed by atoms with Crippen LogP contribution in [0.25, 0.3) is 11.5 Å². The topological polar surface area (TPSA) is 109 Å². The molecule has 3 rings (SSSR count). The van der Waals surface area contributed by atoms with Crippen LogP contribution in [0.15, 0.2) is 31.9 Å². The highest BCUT2D eigenvalue weighted by atomic mass is 79.9. The number of nitrogens with two attached hydrogens (primary N) is 1. The maximum atomic E-state index is 5.48. The molecule has 0 spiro atoms. The zero-order chi connectivity index (χ0) is 14.8. The van der Waals surface area contributed by atoms with Gasteiger partial charge in [0.15, 0.2) is 0 Å². The van der Waals surface area contributed by atoms with Crippen LogP contribution in [0.1, 0.15) is 11.6 Å². The summed E-state index contributed by atoms with van der Waals surface area (Å²) in [5.41, 5.74) is 6.79. The molecule has 0 radical (unpaired) electrons. The first kappa shape index (κ1) is 14.3. The van der Waals surface area contributed by atoms with E-state index in [1.54, 1.807) is 17.1 Å². The van der Waals surface area contributed by atoms with Gasteiger partial charge in [0.2, 0.25) is 11.7 Å². The van der Waals surface area contributed by atoms with Crippen molar-refractivity contribution < 1.29 is 4.52 Å². The zero-order valence-electron chi connectivity index (χ0n) is 10.6. The number of nitrogens with zero attached hydrogens (tertiary/aromatic N) is 6.